The Morgan fingerprint density at radius 3 is 2.42 bits per heavy atom. The minimum absolute atomic E-state index is 0.00433. The maximum Gasteiger partial charge on any atom is 0.0613 e. The molecule has 0 saturated heterocycles. The first-order valence-corrected chi connectivity index (χ1v) is 8.18. The van der Waals surface area contributed by atoms with E-state index in [-0.39, 0.29) is 12.1 Å². The molecule has 2 unspecified atom stereocenters. The largest absolute Gasteiger partial charge is 0.394 e. The predicted octanol–water partition coefficient (Wildman–Crippen LogP) is 2.39. The molecule has 3 nitrogen and oxygen atoms in total. The molecular formula is C16H32N2O. The van der Waals surface area contributed by atoms with E-state index in [9.17, 15) is 5.11 Å². The number of aliphatic hydroxyl groups is 1. The Kier molecular flexibility index (Phi) is 5.27. The number of nitrogens with zero attached hydrogens (tertiary/aromatic N) is 1. The van der Waals surface area contributed by atoms with E-state index in [1.165, 1.54) is 32.1 Å². The summed E-state index contributed by atoms with van der Waals surface area (Å²) in [4.78, 5) is 2.63. The molecule has 2 atom stereocenters. The van der Waals surface area contributed by atoms with Gasteiger partial charge < -0.3 is 15.3 Å². The Balaban J connectivity index is 1.89. The lowest BCUT2D eigenvalue weighted by atomic mass is 9.86. The lowest BCUT2D eigenvalue weighted by Crippen LogP contribution is -2.48. The molecule has 0 aromatic heterocycles. The first kappa shape index (κ1) is 15.3. The Hall–Kier alpha value is -0.120. The van der Waals surface area contributed by atoms with E-state index in [2.05, 4.69) is 31.1 Å². The molecule has 2 saturated carbocycles. The van der Waals surface area contributed by atoms with Gasteiger partial charge in [0.1, 0.15) is 0 Å². The number of hydrogen-bond acceptors (Lipinski definition) is 3. The van der Waals surface area contributed by atoms with E-state index in [0.29, 0.717) is 6.04 Å². The third-order valence-electron chi connectivity index (χ3n) is 5.57. The van der Waals surface area contributed by atoms with Gasteiger partial charge in [-0.25, -0.2) is 0 Å². The molecule has 2 aliphatic carbocycles. The number of likely N-dealkylation sites (N-methyl/N-ethyl adjacent to an activating group) is 1. The minimum Gasteiger partial charge on any atom is -0.394 e. The summed E-state index contributed by atoms with van der Waals surface area (Å²) >= 11 is 0. The maximum absolute atomic E-state index is 9.71. The Bertz CT molecular complexity index is 276. The van der Waals surface area contributed by atoms with E-state index in [0.717, 1.165) is 31.3 Å². The van der Waals surface area contributed by atoms with Gasteiger partial charge in [0.05, 0.1) is 6.61 Å². The van der Waals surface area contributed by atoms with Gasteiger partial charge in [-0.3, -0.25) is 0 Å². The van der Waals surface area contributed by atoms with Crippen LogP contribution in [0.3, 0.4) is 0 Å². The number of nitrogens with one attached hydrogen (secondary N) is 1. The molecule has 0 aromatic rings. The molecule has 112 valence electrons. The summed E-state index contributed by atoms with van der Waals surface area (Å²) in [5.41, 5.74) is -0.00433. The van der Waals surface area contributed by atoms with E-state index in [1.807, 2.05) is 0 Å². The van der Waals surface area contributed by atoms with Crippen LogP contribution in [0.1, 0.15) is 58.8 Å². The molecule has 0 spiro atoms. The van der Waals surface area contributed by atoms with E-state index >= 15 is 0 Å². The maximum atomic E-state index is 9.71. The lowest BCUT2D eigenvalue weighted by Gasteiger charge is -2.38. The summed E-state index contributed by atoms with van der Waals surface area (Å²) in [6.45, 7) is 5.76. The molecule has 0 heterocycles. The second-order valence-corrected chi connectivity index (χ2v) is 6.94. The van der Waals surface area contributed by atoms with Crippen molar-refractivity contribution in [1.29, 1.82) is 0 Å². The van der Waals surface area contributed by atoms with Crippen LogP contribution in [0, 0.1) is 5.92 Å². The zero-order valence-electron chi connectivity index (χ0n) is 13.0. The van der Waals surface area contributed by atoms with Crippen LogP contribution in [0.2, 0.25) is 0 Å². The smallest absolute Gasteiger partial charge is 0.0613 e. The quantitative estimate of drug-likeness (QED) is 0.803. The van der Waals surface area contributed by atoms with E-state index in [4.69, 9.17) is 0 Å². The summed E-state index contributed by atoms with van der Waals surface area (Å²) in [5, 5.41) is 13.2. The van der Waals surface area contributed by atoms with Crippen molar-refractivity contribution in [2.45, 2.75) is 76.4 Å². The van der Waals surface area contributed by atoms with Crippen LogP contribution in [0.25, 0.3) is 0 Å². The van der Waals surface area contributed by atoms with Crippen LogP contribution in [-0.4, -0.2) is 47.8 Å². The monoisotopic (exact) mass is 268 g/mol. The highest BCUT2D eigenvalue weighted by Crippen LogP contribution is 2.36. The van der Waals surface area contributed by atoms with Crippen LogP contribution in [0.5, 0.6) is 0 Å². The van der Waals surface area contributed by atoms with Gasteiger partial charge in [-0.1, -0.05) is 13.8 Å². The Labute approximate surface area is 118 Å². The normalized spacial score (nSPS) is 39.9. The third kappa shape index (κ3) is 3.50. The zero-order valence-corrected chi connectivity index (χ0v) is 13.0. The molecule has 2 N–H and O–H groups in total. The fourth-order valence-electron chi connectivity index (χ4n) is 4.13. The van der Waals surface area contributed by atoms with E-state index in [1.54, 1.807) is 0 Å². The fraction of sp³-hybridized carbons (Fsp3) is 1.00. The van der Waals surface area contributed by atoms with Crippen molar-refractivity contribution < 1.29 is 5.11 Å². The predicted molar refractivity (Wildman–Crippen MR) is 80.3 cm³/mol. The first-order chi connectivity index (χ1) is 9.10. The summed E-state index contributed by atoms with van der Waals surface area (Å²) in [5.74, 6) is 0.923. The van der Waals surface area contributed by atoms with Gasteiger partial charge in [0, 0.05) is 17.6 Å². The van der Waals surface area contributed by atoms with Crippen molar-refractivity contribution in [3.05, 3.63) is 0 Å². The summed E-state index contributed by atoms with van der Waals surface area (Å²) in [7, 11) is 2.31. The van der Waals surface area contributed by atoms with Gasteiger partial charge in [-0.2, -0.15) is 0 Å². The van der Waals surface area contributed by atoms with Gasteiger partial charge in [-0.15, -0.1) is 0 Å². The average molecular weight is 268 g/mol. The number of hydrogen-bond donors (Lipinski definition) is 2. The summed E-state index contributed by atoms with van der Waals surface area (Å²) in [6.07, 6.45) is 8.97. The molecule has 0 aliphatic heterocycles. The molecule has 19 heavy (non-hydrogen) atoms. The topological polar surface area (TPSA) is 35.5 Å². The molecule has 0 amide bonds. The van der Waals surface area contributed by atoms with Crippen molar-refractivity contribution in [1.82, 2.24) is 10.2 Å². The SMILES string of the molecule is CCNC1(CO)CCC(N(C)C2CCC(C)CC2)C1. The lowest BCUT2D eigenvalue weighted by molar-refractivity contribution is 0.109. The molecule has 2 rings (SSSR count). The third-order valence-corrected chi connectivity index (χ3v) is 5.57. The van der Waals surface area contributed by atoms with Crippen molar-refractivity contribution >= 4 is 0 Å². The van der Waals surface area contributed by atoms with Crippen LogP contribution in [-0.2, 0) is 0 Å². The van der Waals surface area contributed by atoms with Gasteiger partial charge >= 0.3 is 0 Å². The number of rotatable bonds is 5. The van der Waals surface area contributed by atoms with Gasteiger partial charge in [0.15, 0.2) is 0 Å². The van der Waals surface area contributed by atoms with Crippen molar-refractivity contribution in [3.8, 4) is 0 Å². The van der Waals surface area contributed by atoms with Crippen LogP contribution in [0.4, 0.5) is 0 Å². The number of aliphatic hydroxyl groups excluding tert-OH is 1. The van der Waals surface area contributed by atoms with Crippen molar-refractivity contribution in [2.24, 2.45) is 5.92 Å². The highest BCUT2D eigenvalue weighted by molar-refractivity contribution is 5.00. The van der Waals surface area contributed by atoms with Crippen molar-refractivity contribution in [2.75, 3.05) is 20.2 Å². The molecule has 2 fully saturated rings. The summed E-state index contributed by atoms with van der Waals surface area (Å²) < 4.78 is 0. The highest BCUT2D eigenvalue weighted by atomic mass is 16.3. The molecular weight excluding hydrogens is 236 g/mol. The van der Waals surface area contributed by atoms with Crippen LogP contribution >= 0.6 is 0 Å². The van der Waals surface area contributed by atoms with Gasteiger partial charge in [0.2, 0.25) is 0 Å². The van der Waals surface area contributed by atoms with E-state index < -0.39 is 0 Å². The molecule has 0 aromatic carbocycles. The standard InChI is InChI=1S/C16H32N2O/c1-4-17-16(12-19)10-9-15(11-16)18(3)14-7-5-13(2)6-8-14/h13-15,17,19H,4-12H2,1-3H3. The Morgan fingerprint density at radius 2 is 1.84 bits per heavy atom. The Morgan fingerprint density at radius 1 is 1.16 bits per heavy atom. The first-order valence-electron chi connectivity index (χ1n) is 8.18. The molecule has 3 heteroatoms. The van der Waals surface area contributed by atoms with Crippen molar-refractivity contribution in [3.63, 3.8) is 0 Å². The summed E-state index contributed by atoms with van der Waals surface area (Å²) in [6, 6.07) is 1.43. The molecule has 2 aliphatic rings. The van der Waals surface area contributed by atoms with Gasteiger partial charge in [0.25, 0.3) is 0 Å². The highest BCUT2D eigenvalue weighted by Gasteiger charge is 2.41. The minimum atomic E-state index is -0.00433. The van der Waals surface area contributed by atoms with Gasteiger partial charge in [-0.05, 0) is 64.5 Å². The van der Waals surface area contributed by atoms with Crippen LogP contribution < -0.4 is 5.32 Å². The average Bonchev–Trinajstić information content (AvgIpc) is 2.84. The van der Waals surface area contributed by atoms with Crippen LogP contribution in [0.15, 0.2) is 0 Å². The fourth-order valence-corrected chi connectivity index (χ4v) is 4.13. The second kappa shape index (κ2) is 6.55. The molecule has 0 radical (unpaired) electrons. The second-order valence-electron chi connectivity index (χ2n) is 6.94. The zero-order chi connectivity index (χ0) is 13.9. The molecule has 0 bridgehead atoms.